The van der Waals surface area contributed by atoms with Crippen molar-refractivity contribution in [1.29, 1.82) is 0 Å². The number of rotatable bonds is 5. The third-order valence-corrected chi connectivity index (χ3v) is 5.48. The summed E-state index contributed by atoms with van der Waals surface area (Å²) in [5.41, 5.74) is 2.04. The van der Waals surface area contributed by atoms with Crippen molar-refractivity contribution in [2.24, 2.45) is 16.8 Å². The molecule has 0 aliphatic carbocycles. The molecule has 0 saturated carbocycles. The van der Waals surface area contributed by atoms with Crippen LogP contribution in [0.25, 0.3) is 0 Å². The van der Waals surface area contributed by atoms with E-state index in [2.05, 4.69) is 17.1 Å². The van der Waals surface area contributed by atoms with Crippen LogP contribution in [0.4, 0.5) is 5.69 Å². The van der Waals surface area contributed by atoms with Gasteiger partial charge in [-0.2, -0.15) is 0 Å². The van der Waals surface area contributed by atoms with Crippen LogP contribution in [0.3, 0.4) is 0 Å². The van der Waals surface area contributed by atoms with Crippen LogP contribution in [0.5, 0.6) is 0 Å². The second-order valence-electron chi connectivity index (χ2n) is 7.50. The molecule has 2 aliphatic heterocycles. The van der Waals surface area contributed by atoms with Gasteiger partial charge in [0.2, 0.25) is 5.91 Å². The number of hydrogen-bond donors (Lipinski definition) is 1. The van der Waals surface area contributed by atoms with Crippen LogP contribution in [-0.2, 0) is 20.9 Å². The monoisotopic (exact) mass is 514 g/mol. The van der Waals surface area contributed by atoms with Gasteiger partial charge in [-0.25, -0.2) is 4.99 Å². The minimum absolute atomic E-state index is 0. The lowest BCUT2D eigenvalue weighted by Gasteiger charge is -2.21. The number of esters is 1. The molecule has 2 aliphatic rings. The Morgan fingerprint density at radius 3 is 2.59 bits per heavy atom. The van der Waals surface area contributed by atoms with E-state index in [9.17, 15) is 9.59 Å². The van der Waals surface area contributed by atoms with Gasteiger partial charge >= 0.3 is 5.97 Å². The largest absolute Gasteiger partial charge is 0.469 e. The standard InChI is InChI=1S/C21H30N4O3.HI/c1-4-22-21(24-13-15(2)18(14-24)20(27)28-3)23-12-16-7-9-17(10-8-16)25-11-5-6-19(25)26;/h7-10,15,18H,4-6,11-14H2,1-3H3,(H,22,23);1H. The molecule has 2 saturated heterocycles. The fourth-order valence-electron chi connectivity index (χ4n) is 3.89. The Hall–Kier alpha value is -1.84. The van der Waals surface area contributed by atoms with Gasteiger partial charge in [-0.3, -0.25) is 9.59 Å². The molecular weight excluding hydrogens is 483 g/mol. The van der Waals surface area contributed by atoms with E-state index >= 15 is 0 Å². The maximum Gasteiger partial charge on any atom is 0.310 e. The zero-order valence-corrected chi connectivity index (χ0v) is 19.7. The maximum atomic E-state index is 12.0. The number of carbonyl (C=O) groups excluding carboxylic acids is 2. The minimum atomic E-state index is -0.155. The first-order chi connectivity index (χ1) is 13.5. The fraction of sp³-hybridized carbons (Fsp3) is 0.571. The molecule has 1 N–H and O–H groups in total. The molecule has 29 heavy (non-hydrogen) atoms. The minimum Gasteiger partial charge on any atom is -0.469 e. The van der Waals surface area contributed by atoms with Gasteiger partial charge in [-0.1, -0.05) is 19.1 Å². The van der Waals surface area contributed by atoms with E-state index in [1.54, 1.807) is 0 Å². The molecule has 2 atom stereocenters. The predicted molar refractivity (Wildman–Crippen MR) is 125 cm³/mol. The van der Waals surface area contributed by atoms with E-state index in [1.807, 2.05) is 36.1 Å². The molecule has 0 aromatic heterocycles. The van der Waals surface area contributed by atoms with E-state index in [4.69, 9.17) is 9.73 Å². The van der Waals surface area contributed by atoms with E-state index in [0.717, 1.165) is 43.3 Å². The van der Waals surface area contributed by atoms with Crippen molar-refractivity contribution in [2.75, 3.05) is 38.2 Å². The summed E-state index contributed by atoms with van der Waals surface area (Å²) in [5.74, 6) is 0.973. The third kappa shape index (κ3) is 5.61. The molecule has 3 rings (SSSR count). The molecule has 1 aromatic rings. The smallest absolute Gasteiger partial charge is 0.310 e. The molecule has 0 radical (unpaired) electrons. The highest BCUT2D eigenvalue weighted by molar-refractivity contribution is 14.0. The summed E-state index contributed by atoms with van der Waals surface area (Å²) in [6.45, 7) is 7.62. The Kier molecular flexibility index (Phi) is 8.73. The van der Waals surface area contributed by atoms with Crippen molar-refractivity contribution >= 4 is 47.5 Å². The predicted octanol–water partition coefficient (Wildman–Crippen LogP) is 2.64. The topological polar surface area (TPSA) is 74.2 Å². The lowest BCUT2D eigenvalue weighted by Crippen LogP contribution is -2.40. The number of halogens is 1. The van der Waals surface area contributed by atoms with E-state index in [0.29, 0.717) is 19.5 Å². The average Bonchev–Trinajstić information content (AvgIpc) is 3.30. The number of carbonyl (C=O) groups is 2. The van der Waals surface area contributed by atoms with Gasteiger partial charge in [0.1, 0.15) is 0 Å². The van der Waals surface area contributed by atoms with Crippen molar-refractivity contribution in [2.45, 2.75) is 33.2 Å². The van der Waals surface area contributed by atoms with Crippen LogP contribution in [-0.4, -0.2) is 56.0 Å². The Bertz CT molecular complexity index is 738. The summed E-state index contributed by atoms with van der Waals surface area (Å²) >= 11 is 0. The first kappa shape index (κ1) is 23.4. The van der Waals surface area contributed by atoms with Crippen molar-refractivity contribution in [3.63, 3.8) is 0 Å². The van der Waals surface area contributed by atoms with E-state index in [1.165, 1.54) is 7.11 Å². The molecule has 2 heterocycles. The van der Waals surface area contributed by atoms with Crippen LogP contribution < -0.4 is 10.2 Å². The highest BCUT2D eigenvalue weighted by Gasteiger charge is 2.36. The van der Waals surface area contributed by atoms with Crippen molar-refractivity contribution in [3.05, 3.63) is 29.8 Å². The number of nitrogens with zero attached hydrogens (tertiary/aromatic N) is 3. The number of methoxy groups -OCH3 is 1. The van der Waals surface area contributed by atoms with Gasteiger partial charge in [0.15, 0.2) is 5.96 Å². The number of amides is 1. The zero-order valence-electron chi connectivity index (χ0n) is 17.4. The quantitative estimate of drug-likeness (QED) is 0.283. The number of hydrogen-bond acceptors (Lipinski definition) is 4. The molecule has 2 unspecified atom stereocenters. The molecule has 1 amide bonds. The van der Waals surface area contributed by atoms with Gasteiger partial charge in [-0.15, -0.1) is 24.0 Å². The molecular formula is C21H31IN4O3. The summed E-state index contributed by atoms with van der Waals surface area (Å²) in [7, 11) is 1.44. The summed E-state index contributed by atoms with van der Waals surface area (Å²) in [6, 6.07) is 8.04. The molecule has 0 spiro atoms. The first-order valence-corrected chi connectivity index (χ1v) is 10.0. The van der Waals surface area contributed by atoms with Crippen molar-refractivity contribution in [1.82, 2.24) is 10.2 Å². The summed E-state index contributed by atoms with van der Waals surface area (Å²) < 4.78 is 4.93. The SMILES string of the molecule is CCNC(=NCc1ccc(N2CCCC2=O)cc1)N1CC(C)C(C(=O)OC)C1.I. The van der Waals surface area contributed by atoms with Crippen LogP contribution in [0.15, 0.2) is 29.3 Å². The van der Waals surface area contributed by atoms with Gasteiger partial charge in [0.25, 0.3) is 0 Å². The molecule has 1 aromatic carbocycles. The van der Waals surface area contributed by atoms with Crippen molar-refractivity contribution < 1.29 is 14.3 Å². The van der Waals surface area contributed by atoms with E-state index in [-0.39, 0.29) is 47.7 Å². The summed E-state index contributed by atoms with van der Waals surface area (Å²) in [6.07, 6.45) is 1.57. The zero-order chi connectivity index (χ0) is 20.1. The number of aliphatic imine (C=N–C) groups is 1. The third-order valence-electron chi connectivity index (χ3n) is 5.48. The Morgan fingerprint density at radius 2 is 2.00 bits per heavy atom. The number of benzene rings is 1. The lowest BCUT2D eigenvalue weighted by molar-refractivity contribution is -0.146. The maximum absolute atomic E-state index is 12.0. The fourth-order valence-corrected chi connectivity index (χ4v) is 3.89. The highest BCUT2D eigenvalue weighted by atomic mass is 127. The number of guanidine groups is 1. The van der Waals surface area contributed by atoms with Crippen LogP contribution >= 0.6 is 24.0 Å². The molecule has 8 heteroatoms. The van der Waals surface area contributed by atoms with Crippen LogP contribution in [0.2, 0.25) is 0 Å². The van der Waals surface area contributed by atoms with Gasteiger partial charge < -0.3 is 19.9 Å². The number of nitrogens with one attached hydrogen (secondary N) is 1. The molecule has 160 valence electrons. The Morgan fingerprint density at radius 1 is 1.28 bits per heavy atom. The van der Waals surface area contributed by atoms with Crippen molar-refractivity contribution in [3.8, 4) is 0 Å². The molecule has 0 bridgehead atoms. The van der Waals surface area contributed by atoms with Gasteiger partial charge in [0.05, 0.1) is 19.6 Å². The summed E-state index contributed by atoms with van der Waals surface area (Å²) in [4.78, 5) is 32.6. The van der Waals surface area contributed by atoms with E-state index < -0.39 is 0 Å². The normalized spacial score (nSPS) is 21.9. The Labute approximate surface area is 189 Å². The van der Waals surface area contributed by atoms with Gasteiger partial charge in [-0.05, 0) is 37.0 Å². The second-order valence-corrected chi connectivity index (χ2v) is 7.50. The molecule has 2 fully saturated rings. The second kappa shape index (κ2) is 10.8. The number of ether oxygens (including phenoxy) is 1. The average molecular weight is 514 g/mol. The van der Waals surface area contributed by atoms with Gasteiger partial charge in [0, 0.05) is 38.3 Å². The summed E-state index contributed by atoms with van der Waals surface area (Å²) in [5, 5.41) is 3.33. The van der Waals surface area contributed by atoms with Crippen LogP contribution in [0, 0.1) is 11.8 Å². The number of likely N-dealkylation sites (tertiary alicyclic amines) is 1. The Balaban J connectivity index is 0.00000300. The first-order valence-electron chi connectivity index (χ1n) is 10.0. The highest BCUT2D eigenvalue weighted by Crippen LogP contribution is 2.25. The molecule has 7 nitrogen and oxygen atoms in total. The lowest BCUT2D eigenvalue weighted by atomic mass is 9.99. The number of anilines is 1. The van der Waals surface area contributed by atoms with Crippen LogP contribution in [0.1, 0.15) is 32.3 Å².